The highest BCUT2D eigenvalue weighted by Gasteiger charge is 2.07. The van der Waals surface area contributed by atoms with Gasteiger partial charge >= 0.3 is 0 Å². The van der Waals surface area contributed by atoms with Gasteiger partial charge in [-0.15, -0.1) is 0 Å². The zero-order valence-electron chi connectivity index (χ0n) is 9.97. The van der Waals surface area contributed by atoms with Gasteiger partial charge < -0.3 is 10.4 Å². The van der Waals surface area contributed by atoms with E-state index in [-0.39, 0.29) is 6.10 Å². The highest BCUT2D eigenvalue weighted by molar-refractivity contribution is 7.99. The first-order valence-corrected chi connectivity index (χ1v) is 6.84. The Labute approximate surface area is 101 Å². The van der Waals surface area contributed by atoms with E-state index in [9.17, 15) is 5.11 Å². The molecule has 92 valence electrons. The molecular weight excluding hydrogens is 222 g/mol. The van der Waals surface area contributed by atoms with Crippen LogP contribution in [0.4, 0.5) is 0 Å². The highest BCUT2D eigenvalue weighted by Crippen LogP contribution is 2.01. The Hall–Kier alpha value is -0.520. The standard InChI is InChI=1S/C11H21N3OS/c1-3-16-9-10(2)12-7-11(15)8-14-6-4-5-13-14/h4-6,10-12,15H,3,7-9H2,1-2H3. The van der Waals surface area contributed by atoms with Crippen LogP contribution in [0.1, 0.15) is 13.8 Å². The van der Waals surface area contributed by atoms with Crippen LogP contribution < -0.4 is 5.32 Å². The Balaban J connectivity index is 2.12. The SMILES string of the molecule is CCSCC(C)NCC(O)Cn1cccn1. The van der Waals surface area contributed by atoms with Gasteiger partial charge in [-0.25, -0.2) is 0 Å². The Kier molecular flexibility index (Phi) is 6.52. The molecule has 0 aromatic carbocycles. The molecule has 1 aromatic rings. The van der Waals surface area contributed by atoms with Gasteiger partial charge in [0.05, 0.1) is 12.6 Å². The molecule has 0 amide bonds. The molecule has 1 rings (SSSR count). The maximum Gasteiger partial charge on any atom is 0.0860 e. The molecular formula is C11H21N3OS. The summed E-state index contributed by atoms with van der Waals surface area (Å²) in [5, 5.41) is 17.1. The van der Waals surface area contributed by atoms with Crippen LogP contribution in [0.3, 0.4) is 0 Å². The molecule has 0 aliphatic heterocycles. The monoisotopic (exact) mass is 243 g/mol. The molecule has 0 bridgehead atoms. The normalized spacial score (nSPS) is 14.9. The third-order valence-corrected chi connectivity index (χ3v) is 3.37. The van der Waals surface area contributed by atoms with Crippen LogP contribution in [-0.2, 0) is 6.54 Å². The average Bonchev–Trinajstić information content (AvgIpc) is 2.76. The van der Waals surface area contributed by atoms with Crippen molar-refractivity contribution in [2.75, 3.05) is 18.1 Å². The van der Waals surface area contributed by atoms with Crippen molar-refractivity contribution < 1.29 is 5.11 Å². The van der Waals surface area contributed by atoms with Crippen LogP contribution in [-0.4, -0.2) is 45.1 Å². The fourth-order valence-electron chi connectivity index (χ4n) is 1.38. The molecule has 0 aliphatic rings. The summed E-state index contributed by atoms with van der Waals surface area (Å²) in [7, 11) is 0. The van der Waals surface area contributed by atoms with Crippen LogP contribution in [0.2, 0.25) is 0 Å². The quantitative estimate of drug-likeness (QED) is 0.714. The maximum absolute atomic E-state index is 9.77. The number of aliphatic hydroxyl groups excluding tert-OH is 1. The van der Waals surface area contributed by atoms with Gasteiger partial charge in [0, 0.05) is 30.7 Å². The molecule has 0 radical (unpaired) electrons. The molecule has 2 N–H and O–H groups in total. The fraction of sp³-hybridized carbons (Fsp3) is 0.727. The van der Waals surface area contributed by atoms with Gasteiger partial charge in [-0.2, -0.15) is 16.9 Å². The first kappa shape index (κ1) is 13.5. The molecule has 0 saturated carbocycles. The first-order valence-electron chi connectivity index (χ1n) is 5.69. The van der Waals surface area contributed by atoms with E-state index >= 15 is 0 Å². The Bertz CT molecular complexity index is 266. The number of aliphatic hydroxyl groups is 1. The summed E-state index contributed by atoms with van der Waals surface area (Å²) in [5.74, 6) is 2.23. The number of nitrogens with one attached hydrogen (secondary N) is 1. The lowest BCUT2D eigenvalue weighted by Crippen LogP contribution is -2.37. The predicted octanol–water partition coefficient (Wildman–Crippen LogP) is 0.975. The van der Waals surface area contributed by atoms with Gasteiger partial charge in [-0.05, 0) is 18.7 Å². The molecule has 1 heterocycles. The van der Waals surface area contributed by atoms with Crippen LogP contribution >= 0.6 is 11.8 Å². The summed E-state index contributed by atoms with van der Waals surface area (Å²) in [5.41, 5.74) is 0. The van der Waals surface area contributed by atoms with E-state index in [0.717, 1.165) is 11.5 Å². The van der Waals surface area contributed by atoms with E-state index in [1.54, 1.807) is 10.9 Å². The van der Waals surface area contributed by atoms with Crippen molar-refractivity contribution in [3.05, 3.63) is 18.5 Å². The molecule has 16 heavy (non-hydrogen) atoms. The van der Waals surface area contributed by atoms with Crippen molar-refractivity contribution in [2.45, 2.75) is 32.5 Å². The Morgan fingerprint density at radius 3 is 3.00 bits per heavy atom. The lowest BCUT2D eigenvalue weighted by molar-refractivity contribution is 0.144. The molecule has 1 aromatic heterocycles. The summed E-state index contributed by atoms with van der Waals surface area (Å²) in [6.07, 6.45) is 3.20. The molecule has 4 nitrogen and oxygen atoms in total. The number of hydrogen-bond donors (Lipinski definition) is 2. The van der Waals surface area contributed by atoms with E-state index in [1.807, 2.05) is 24.0 Å². The lowest BCUT2D eigenvalue weighted by atomic mass is 10.3. The average molecular weight is 243 g/mol. The van der Waals surface area contributed by atoms with E-state index in [4.69, 9.17) is 0 Å². The minimum Gasteiger partial charge on any atom is -0.390 e. The fourth-order valence-corrected chi connectivity index (χ4v) is 2.09. The van der Waals surface area contributed by atoms with Crippen molar-refractivity contribution in [3.8, 4) is 0 Å². The zero-order chi connectivity index (χ0) is 11.8. The van der Waals surface area contributed by atoms with Crippen molar-refractivity contribution in [2.24, 2.45) is 0 Å². The van der Waals surface area contributed by atoms with Gasteiger partial charge in [0.25, 0.3) is 0 Å². The van der Waals surface area contributed by atoms with E-state index < -0.39 is 0 Å². The second-order valence-electron chi connectivity index (χ2n) is 3.85. The molecule has 0 spiro atoms. The van der Waals surface area contributed by atoms with Crippen LogP contribution in [0.5, 0.6) is 0 Å². The lowest BCUT2D eigenvalue weighted by Gasteiger charge is -2.16. The van der Waals surface area contributed by atoms with Crippen LogP contribution in [0.15, 0.2) is 18.5 Å². The minimum absolute atomic E-state index is 0.381. The van der Waals surface area contributed by atoms with Crippen molar-refractivity contribution in [1.29, 1.82) is 0 Å². The third-order valence-electron chi connectivity index (χ3n) is 2.23. The van der Waals surface area contributed by atoms with Crippen LogP contribution in [0, 0.1) is 0 Å². The zero-order valence-corrected chi connectivity index (χ0v) is 10.8. The second kappa shape index (κ2) is 7.70. The number of hydrogen-bond acceptors (Lipinski definition) is 4. The summed E-state index contributed by atoms with van der Waals surface area (Å²) in [6.45, 7) is 5.46. The van der Waals surface area contributed by atoms with Crippen LogP contribution in [0.25, 0.3) is 0 Å². The second-order valence-corrected chi connectivity index (χ2v) is 5.17. The predicted molar refractivity (Wildman–Crippen MR) is 68.7 cm³/mol. The van der Waals surface area contributed by atoms with E-state index in [0.29, 0.717) is 19.1 Å². The largest absolute Gasteiger partial charge is 0.390 e. The summed E-state index contributed by atoms with van der Waals surface area (Å²) in [4.78, 5) is 0. The van der Waals surface area contributed by atoms with Gasteiger partial charge in [-0.1, -0.05) is 6.92 Å². The topological polar surface area (TPSA) is 50.1 Å². The maximum atomic E-state index is 9.77. The molecule has 5 heteroatoms. The van der Waals surface area contributed by atoms with E-state index in [2.05, 4.69) is 24.3 Å². The molecule has 2 unspecified atom stereocenters. The van der Waals surface area contributed by atoms with Crippen molar-refractivity contribution >= 4 is 11.8 Å². The van der Waals surface area contributed by atoms with Crippen molar-refractivity contribution in [3.63, 3.8) is 0 Å². The first-order chi connectivity index (χ1) is 7.72. The molecule has 2 atom stereocenters. The summed E-state index contributed by atoms with van der Waals surface area (Å²) < 4.78 is 1.75. The Morgan fingerprint density at radius 1 is 1.56 bits per heavy atom. The summed E-state index contributed by atoms with van der Waals surface area (Å²) >= 11 is 1.91. The summed E-state index contributed by atoms with van der Waals surface area (Å²) in [6, 6.07) is 2.30. The minimum atomic E-state index is -0.381. The van der Waals surface area contributed by atoms with Gasteiger partial charge in [-0.3, -0.25) is 4.68 Å². The van der Waals surface area contributed by atoms with Crippen molar-refractivity contribution in [1.82, 2.24) is 15.1 Å². The number of aromatic nitrogens is 2. The number of thioether (sulfide) groups is 1. The van der Waals surface area contributed by atoms with Gasteiger partial charge in [0.2, 0.25) is 0 Å². The number of nitrogens with zero attached hydrogens (tertiary/aromatic N) is 2. The van der Waals surface area contributed by atoms with Gasteiger partial charge in [0.15, 0.2) is 0 Å². The Morgan fingerprint density at radius 2 is 2.38 bits per heavy atom. The molecule has 0 fully saturated rings. The highest BCUT2D eigenvalue weighted by atomic mass is 32.2. The molecule has 0 aliphatic carbocycles. The van der Waals surface area contributed by atoms with E-state index in [1.165, 1.54) is 0 Å². The third kappa shape index (κ3) is 5.53. The van der Waals surface area contributed by atoms with Gasteiger partial charge in [0.1, 0.15) is 0 Å². The number of rotatable bonds is 8. The molecule has 0 saturated heterocycles. The smallest absolute Gasteiger partial charge is 0.0860 e.